The number of carbonyl (C=O) groups is 2. The van der Waals surface area contributed by atoms with Crippen LogP contribution in [0, 0.1) is 0 Å². The van der Waals surface area contributed by atoms with Crippen LogP contribution in [0.15, 0.2) is 63.0 Å². The highest BCUT2D eigenvalue weighted by atomic mass is 79.9. The van der Waals surface area contributed by atoms with Gasteiger partial charge < -0.3 is 14.2 Å². The third-order valence-electron chi connectivity index (χ3n) is 5.55. The fourth-order valence-electron chi connectivity index (χ4n) is 3.69. The normalized spacial score (nSPS) is 14.5. The SMILES string of the molecule is CCOc1ccc(N2C(=O)/C(=C/c3cc(OC)c(OCc4ccc(Cl)c(Cl)c4)c(Br)c3Br)C(=O)NC2=S)cc1. The summed E-state index contributed by atoms with van der Waals surface area (Å²) in [5.41, 5.74) is 1.67. The van der Waals surface area contributed by atoms with Crippen molar-refractivity contribution in [2.75, 3.05) is 18.6 Å². The van der Waals surface area contributed by atoms with E-state index in [-0.39, 0.29) is 17.3 Å². The van der Waals surface area contributed by atoms with Crippen molar-refractivity contribution in [2.45, 2.75) is 13.5 Å². The van der Waals surface area contributed by atoms with Crippen LogP contribution in [-0.2, 0) is 16.2 Å². The lowest BCUT2D eigenvalue weighted by Crippen LogP contribution is -2.54. The van der Waals surface area contributed by atoms with Gasteiger partial charge in [0.05, 0.1) is 33.9 Å². The molecule has 1 aliphatic heterocycles. The van der Waals surface area contributed by atoms with Crippen LogP contribution in [0.2, 0.25) is 10.0 Å². The molecule has 0 radical (unpaired) electrons. The first kappa shape index (κ1) is 29.4. The molecule has 4 rings (SSSR count). The van der Waals surface area contributed by atoms with Gasteiger partial charge in [-0.1, -0.05) is 29.3 Å². The predicted octanol–water partition coefficient (Wildman–Crippen LogP) is 7.34. The third-order valence-corrected chi connectivity index (χ3v) is 8.72. The van der Waals surface area contributed by atoms with Gasteiger partial charge in [-0.2, -0.15) is 0 Å². The molecule has 39 heavy (non-hydrogen) atoms. The van der Waals surface area contributed by atoms with Gasteiger partial charge in [0.1, 0.15) is 17.9 Å². The van der Waals surface area contributed by atoms with Gasteiger partial charge in [-0.3, -0.25) is 19.8 Å². The summed E-state index contributed by atoms with van der Waals surface area (Å²) in [5, 5.41) is 3.43. The van der Waals surface area contributed by atoms with Crippen LogP contribution in [0.5, 0.6) is 17.2 Å². The summed E-state index contributed by atoms with van der Waals surface area (Å²) in [6, 6.07) is 13.7. The molecule has 0 bridgehead atoms. The van der Waals surface area contributed by atoms with Crippen LogP contribution in [0.3, 0.4) is 0 Å². The second-order valence-electron chi connectivity index (χ2n) is 8.05. The standard InChI is InChI=1S/C27H20Br2Cl2N2O5S/c1-3-37-17-7-5-16(6-8-17)33-26(35)18(25(34)32-27(33)39)11-15-12-21(36-2)24(23(29)22(15)28)38-13-14-4-9-19(30)20(31)10-14/h4-12H,3,13H2,1-2H3,(H,32,34,39)/b18-11+. The minimum Gasteiger partial charge on any atom is -0.494 e. The highest BCUT2D eigenvalue weighted by Gasteiger charge is 2.35. The molecule has 7 nitrogen and oxygen atoms in total. The molecular weight excluding hydrogens is 695 g/mol. The lowest BCUT2D eigenvalue weighted by Gasteiger charge is -2.29. The summed E-state index contributed by atoms with van der Waals surface area (Å²) in [4.78, 5) is 27.5. The second-order valence-corrected chi connectivity index (χ2v) is 10.8. The highest BCUT2D eigenvalue weighted by Crippen LogP contribution is 2.44. The smallest absolute Gasteiger partial charge is 0.270 e. The van der Waals surface area contributed by atoms with Crippen molar-refractivity contribution in [1.29, 1.82) is 0 Å². The van der Waals surface area contributed by atoms with E-state index in [1.54, 1.807) is 48.5 Å². The number of benzene rings is 3. The number of nitrogens with zero attached hydrogens (tertiary/aromatic N) is 1. The Bertz CT molecular complexity index is 1500. The van der Waals surface area contributed by atoms with E-state index in [9.17, 15) is 9.59 Å². The monoisotopic (exact) mass is 712 g/mol. The Kier molecular flexibility index (Phi) is 9.56. The molecule has 0 atom stereocenters. The first-order valence-electron chi connectivity index (χ1n) is 11.4. The molecule has 12 heteroatoms. The fraction of sp³-hybridized carbons (Fsp3) is 0.148. The van der Waals surface area contributed by atoms with Crippen LogP contribution in [0.4, 0.5) is 5.69 Å². The quantitative estimate of drug-likeness (QED) is 0.150. The van der Waals surface area contributed by atoms with Crippen LogP contribution in [-0.4, -0.2) is 30.6 Å². The van der Waals surface area contributed by atoms with Crippen molar-refractivity contribution in [3.8, 4) is 17.2 Å². The number of nitrogens with one attached hydrogen (secondary N) is 1. The van der Waals surface area contributed by atoms with E-state index in [0.717, 1.165) is 5.56 Å². The minimum absolute atomic E-state index is 0.0183. The van der Waals surface area contributed by atoms with Gasteiger partial charge >= 0.3 is 0 Å². The van der Waals surface area contributed by atoms with E-state index in [1.165, 1.54) is 18.1 Å². The molecule has 3 aromatic carbocycles. The van der Waals surface area contributed by atoms with Crippen LogP contribution < -0.4 is 24.4 Å². The molecule has 1 saturated heterocycles. The average Bonchev–Trinajstić information content (AvgIpc) is 2.91. The number of ether oxygens (including phenoxy) is 3. The molecular formula is C27H20Br2Cl2N2O5S. The van der Waals surface area contributed by atoms with Crippen LogP contribution >= 0.6 is 67.3 Å². The molecule has 202 valence electrons. The summed E-state index contributed by atoms with van der Waals surface area (Å²) >= 11 is 24.5. The summed E-state index contributed by atoms with van der Waals surface area (Å²) < 4.78 is 18.1. The average molecular weight is 715 g/mol. The third kappa shape index (κ3) is 6.41. The number of hydrogen-bond donors (Lipinski definition) is 1. The van der Waals surface area contributed by atoms with Crippen molar-refractivity contribution in [2.24, 2.45) is 0 Å². The van der Waals surface area contributed by atoms with E-state index >= 15 is 0 Å². The molecule has 0 aromatic heterocycles. The van der Waals surface area contributed by atoms with Crippen LogP contribution in [0.1, 0.15) is 18.1 Å². The Balaban J connectivity index is 1.66. The van der Waals surface area contributed by atoms with Gasteiger partial charge in [-0.15, -0.1) is 0 Å². The Morgan fingerprint density at radius 2 is 1.72 bits per heavy atom. The van der Waals surface area contributed by atoms with E-state index in [4.69, 9.17) is 49.6 Å². The number of thiocarbonyl (C=S) groups is 1. The van der Waals surface area contributed by atoms with Gasteiger partial charge in [0.25, 0.3) is 11.8 Å². The molecule has 0 spiro atoms. The number of anilines is 1. The number of methoxy groups -OCH3 is 1. The molecule has 1 N–H and O–H groups in total. The Morgan fingerprint density at radius 3 is 2.36 bits per heavy atom. The lowest BCUT2D eigenvalue weighted by atomic mass is 10.1. The fourth-order valence-corrected chi connectivity index (χ4v) is 5.24. The van der Waals surface area contributed by atoms with Crippen molar-refractivity contribution in [3.05, 3.63) is 84.2 Å². The summed E-state index contributed by atoms with van der Waals surface area (Å²) in [6.45, 7) is 2.58. The van der Waals surface area contributed by atoms with Crippen LogP contribution in [0.25, 0.3) is 6.08 Å². The zero-order valence-electron chi connectivity index (χ0n) is 20.5. The number of halogens is 4. The van der Waals surface area contributed by atoms with Gasteiger partial charge in [0.15, 0.2) is 16.6 Å². The Labute approximate surface area is 257 Å². The number of hydrogen-bond acceptors (Lipinski definition) is 6. The minimum atomic E-state index is -0.617. The lowest BCUT2D eigenvalue weighted by molar-refractivity contribution is -0.122. The highest BCUT2D eigenvalue weighted by molar-refractivity contribution is 9.13. The van der Waals surface area contributed by atoms with Gasteiger partial charge in [0.2, 0.25) is 0 Å². The van der Waals surface area contributed by atoms with Gasteiger partial charge in [-0.05, 0) is 111 Å². The van der Waals surface area contributed by atoms with E-state index in [1.807, 2.05) is 6.92 Å². The maximum absolute atomic E-state index is 13.5. The molecule has 0 unspecified atom stereocenters. The molecule has 1 heterocycles. The van der Waals surface area contributed by atoms with E-state index in [2.05, 4.69) is 37.2 Å². The van der Waals surface area contributed by atoms with Crippen molar-refractivity contribution in [1.82, 2.24) is 5.32 Å². The summed E-state index contributed by atoms with van der Waals surface area (Å²) in [7, 11) is 1.49. The van der Waals surface area contributed by atoms with Crippen molar-refractivity contribution >= 4 is 96.0 Å². The zero-order chi connectivity index (χ0) is 28.3. The van der Waals surface area contributed by atoms with Gasteiger partial charge in [0, 0.05) is 4.47 Å². The van der Waals surface area contributed by atoms with Crippen molar-refractivity contribution in [3.63, 3.8) is 0 Å². The van der Waals surface area contributed by atoms with E-state index < -0.39 is 11.8 Å². The molecule has 1 fully saturated rings. The topological polar surface area (TPSA) is 77.1 Å². The molecule has 1 aliphatic rings. The first-order chi connectivity index (χ1) is 18.6. The number of rotatable bonds is 8. The summed E-state index contributed by atoms with van der Waals surface area (Å²) in [5.74, 6) is 0.247. The second kappa shape index (κ2) is 12.7. The molecule has 3 aromatic rings. The Morgan fingerprint density at radius 1 is 1.00 bits per heavy atom. The molecule has 0 aliphatic carbocycles. The summed E-state index contributed by atoms with van der Waals surface area (Å²) in [6.07, 6.45) is 1.46. The maximum atomic E-state index is 13.5. The largest absolute Gasteiger partial charge is 0.494 e. The number of carbonyl (C=O) groups excluding carboxylic acids is 2. The number of amides is 2. The molecule has 0 saturated carbocycles. The predicted molar refractivity (Wildman–Crippen MR) is 163 cm³/mol. The maximum Gasteiger partial charge on any atom is 0.270 e. The Hall–Kier alpha value is -2.63. The zero-order valence-corrected chi connectivity index (χ0v) is 26.0. The van der Waals surface area contributed by atoms with E-state index in [0.29, 0.717) is 54.1 Å². The first-order valence-corrected chi connectivity index (χ1v) is 14.2. The van der Waals surface area contributed by atoms with Crippen molar-refractivity contribution < 1.29 is 23.8 Å². The van der Waals surface area contributed by atoms with Gasteiger partial charge in [-0.25, -0.2) is 0 Å². The molecule has 2 amide bonds.